The second kappa shape index (κ2) is 5.61. The predicted octanol–water partition coefficient (Wildman–Crippen LogP) is 2.52. The Morgan fingerprint density at radius 3 is 2.19 bits per heavy atom. The first kappa shape index (κ1) is 16.9. The Balaban J connectivity index is 2.28. The molecule has 122 valence electrons. The lowest BCUT2D eigenvalue weighted by atomic mass is 9.61. The molecule has 2 aliphatic rings. The van der Waals surface area contributed by atoms with Crippen molar-refractivity contribution in [3.8, 4) is 0 Å². The van der Waals surface area contributed by atoms with Crippen molar-refractivity contribution in [3.05, 3.63) is 0 Å². The van der Waals surface area contributed by atoms with E-state index in [0.717, 1.165) is 6.42 Å². The molecule has 0 aromatic heterocycles. The van der Waals surface area contributed by atoms with E-state index in [-0.39, 0.29) is 17.8 Å². The van der Waals surface area contributed by atoms with Gasteiger partial charge in [-0.05, 0) is 27.2 Å². The van der Waals surface area contributed by atoms with Crippen LogP contribution in [0, 0.1) is 11.3 Å². The fourth-order valence-electron chi connectivity index (χ4n) is 3.64. The number of ketones is 1. The minimum Gasteiger partial charge on any atom is -0.353 e. The molecule has 21 heavy (non-hydrogen) atoms. The Morgan fingerprint density at radius 2 is 1.76 bits per heavy atom. The molecule has 2 rings (SSSR count). The molecule has 0 unspecified atom stereocenters. The Labute approximate surface area is 127 Å². The Hall–Kier alpha value is -0.490. The summed E-state index contributed by atoms with van der Waals surface area (Å²) in [6.07, 6.45) is 1.97. The van der Waals surface area contributed by atoms with Gasteiger partial charge < -0.3 is 18.9 Å². The molecule has 0 aromatic carbocycles. The first-order chi connectivity index (χ1) is 9.68. The Morgan fingerprint density at radius 1 is 1.14 bits per heavy atom. The van der Waals surface area contributed by atoms with Crippen molar-refractivity contribution >= 4 is 5.78 Å². The molecular formula is C16H28O5. The highest BCUT2D eigenvalue weighted by molar-refractivity contribution is 5.82. The lowest BCUT2D eigenvalue weighted by Crippen LogP contribution is -2.53. The van der Waals surface area contributed by atoms with Gasteiger partial charge >= 0.3 is 0 Å². The second-order valence-electron chi connectivity index (χ2n) is 6.97. The van der Waals surface area contributed by atoms with Crippen LogP contribution in [-0.2, 0) is 23.7 Å². The fourth-order valence-corrected chi connectivity index (χ4v) is 3.64. The highest BCUT2D eigenvalue weighted by Gasteiger charge is 2.55. The van der Waals surface area contributed by atoms with Gasteiger partial charge in [-0.15, -0.1) is 0 Å². The molecule has 0 radical (unpaired) electrons. The summed E-state index contributed by atoms with van der Waals surface area (Å²) >= 11 is 0. The zero-order chi connectivity index (χ0) is 15.9. The zero-order valence-electron chi connectivity index (χ0n) is 14.0. The number of Topliss-reactive ketones (excluding diaryl/α,β-unsaturated/α-hetero) is 1. The molecular weight excluding hydrogens is 272 g/mol. The quantitative estimate of drug-likeness (QED) is 0.747. The average molecular weight is 300 g/mol. The monoisotopic (exact) mass is 300 g/mol. The summed E-state index contributed by atoms with van der Waals surface area (Å²) in [6.45, 7) is 8.01. The minimum absolute atomic E-state index is 0.0189. The van der Waals surface area contributed by atoms with Crippen molar-refractivity contribution in [3.63, 3.8) is 0 Å². The van der Waals surface area contributed by atoms with E-state index in [0.29, 0.717) is 19.4 Å². The predicted molar refractivity (Wildman–Crippen MR) is 77.8 cm³/mol. The smallest absolute Gasteiger partial charge is 0.167 e. The van der Waals surface area contributed by atoms with Crippen LogP contribution in [0.25, 0.3) is 0 Å². The lowest BCUT2D eigenvalue weighted by molar-refractivity contribution is -0.254. The Kier molecular flexibility index (Phi) is 4.51. The van der Waals surface area contributed by atoms with Gasteiger partial charge in [-0.2, -0.15) is 0 Å². The summed E-state index contributed by atoms with van der Waals surface area (Å²) in [4.78, 5) is 12.3. The SMILES string of the molecule is COC1(OC)CC[C@@](C)(C(C)=O)[C@H]([C@H]2COC(C)(C)O2)C1. The van der Waals surface area contributed by atoms with E-state index in [1.54, 1.807) is 21.1 Å². The third kappa shape index (κ3) is 3.02. The summed E-state index contributed by atoms with van der Waals surface area (Å²) in [5, 5.41) is 0. The molecule has 0 spiro atoms. The average Bonchev–Trinajstić information content (AvgIpc) is 2.80. The van der Waals surface area contributed by atoms with Crippen LogP contribution in [-0.4, -0.2) is 44.3 Å². The van der Waals surface area contributed by atoms with Crippen LogP contribution in [0.2, 0.25) is 0 Å². The normalized spacial score (nSPS) is 38.4. The van der Waals surface area contributed by atoms with Gasteiger partial charge in [0.1, 0.15) is 5.78 Å². The highest BCUT2D eigenvalue weighted by atomic mass is 16.7. The maximum Gasteiger partial charge on any atom is 0.167 e. The van der Waals surface area contributed by atoms with Gasteiger partial charge in [-0.25, -0.2) is 0 Å². The third-order valence-electron chi connectivity index (χ3n) is 5.40. The Bertz CT molecular complexity index is 401. The number of hydrogen-bond acceptors (Lipinski definition) is 5. The van der Waals surface area contributed by atoms with Crippen LogP contribution < -0.4 is 0 Å². The van der Waals surface area contributed by atoms with Crippen LogP contribution in [0.5, 0.6) is 0 Å². The van der Waals surface area contributed by atoms with Crippen LogP contribution in [0.4, 0.5) is 0 Å². The van der Waals surface area contributed by atoms with Gasteiger partial charge in [0.05, 0.1) is 12.7 Å². The number of carbonyl (C=O) groups is 1. The van der Waals surface area contributed by atoms with E-state index in [4.69, 9.17) is 18.9 Å². The molecule has 1 heterocycles. The van der Waals surface area contributed by atoms with E-state index >= 15 is 0 Å². The molecule has 1 saturated heterocycles. The van der Waals surface area contributed by atoms with Gasteiger partial charge in [0, 0.05) is 38.4 Å². The zero-order valence-corrected chi connectivity index (χ0v) is 14.0. The van der Waals surface area contributed by atoms with Crippen LogP contribution >= 0.6 is 0 Å². The fraction of sp³-hybridized carbons (Fsp3) is 0.938. The molecule has 5 heteroatoms. The lowest BCUT2D eigenvalue weighted by Gasteiger charge is -2.49. The summed E-state index contributed by atoms with van der Waals surface area (Å²) in [7, 11) is 3.32. The van der Waals surface area contributed by atoms with Crippen molar-refractivity contribution in [1.82, 2.24) is 0 Å². The summed E-state index contributed by atoms with van der Waals surface area (Å²) in [5.74, 6) is -1.01. The molecule has 3 atom stereocenters. The minimum atomic E-state index is -0.629. The highest BCUT2D eigenvalue weighted by Crippen LogP contribution is 2.50. The molecule has 2 fully saturated rings. The molecule has 1 aliphatic heterocycles. The van der Waals surface area contributed by atoms with Gasteiger partial charge in [-0.1, -0.05) is 6.92 Å². The van der Waals surface area contributed by atoms with E-state index < -0.39 is 17.0 Å². The third-order valence-corrected chi connectivity index (χ3v) is 5.40. The number of hydrogen-bond donors (Lipinski definition) is 0. The number of ether oxygens (including phenoxy) is 4. The van der Waals surface area contributed by atoms with E-state index in [2.05, 4.69) is 0 Å². The number of rotatable bonds is 4. The summed E-state index contributed by atoms with van der Waals surface area (Å²) in [6, 6.07) is 0. The molecule has 0 amide bonds. The van der Waals surface area contributed by atoms with E-state index in [1.165, 1.54) is 0 Å². The van der Waals surface area contributed by atoms with Gasteiger partial charge in [0.25, 0.3) is 0 Å². The maximum atomic E-state index is 12.3. The van der Waals surface area contributed by atoms with Crippen LogP contribution in [0.15, 0.2) is 0 Å². The molecule has 1 saturated carbocycles. The molecule has 0 N–H and O–H groups in total. The maximum absolute atomic E-state index is 12.3. The first-order valence-electron chi connectivity index (χ1n) is 7.61. The van der Waals surface area contributed by atoms with Crippen molar-refractivity contribution in [2.24, 2.45) is 11.3 Å². The largest absolute Gasteiger partial charge is 0.353 e. The van der Waals surface area contributed by atoms with Crippen molar-refractivity contribution in [1.29, 1.82) is 0 Å². The van der Waals surface area contributed by atoms with Gasteiger partial charge in [-0.3, -0.25) is 4.79 Å². The van der Waals surface area contributed by atoms with Crippen LogP contribution in [0.1, 0.15) is 47.0 Å². The molecule has 0 aromatic rings. The standard InChI is InChI=1S/C16H28O5/c1-11(17)15(4)7-8-16(18-5,19-6)9-12(15)13-10-20-14(2,3)21-13/h12-13H,7-10H2,1-6H3/t12-,13+,15-/m0/s1. The summed E-state index contributed by atoms with van der Waals surface area (Å²) < 4.78 is 23.0. The summed E-state index contributed by atoms with van der Waals surface area (Å²) in [5.41, 5.74) is -0.422. The van der Waals surface area contributed by atoms with Crippen molar-refractivity contribution in [2.45, 2.75) is 64.6 Å². The van der Waals surface area contributed by atoms with E-state index in [9.17, 15) is 4.79 Å². The van der Waals surface area contributed by atoms with Gasteiger partial charge in [0.15, 0.2) is 11.6 Å². The number of methoxy groups -OCH3 is 2. The second-order valence-corrected chi connectivity index (χ2v) is 6.97. The van der Waals surface area contributed by atoms with Crippen molar-refractivity contribution < 1.29 is 23.7 Å². The molecule has 0 bridgehead atoms. The van der Waals surface area contributed by atoms with E-state index in [1.807, 2.05) is 20.8 Å². The molecule has 1 aliphatic carbocycles. The van der Waals surface area contributed by atoms with Gasteiger partial charge in [0.2, 0.25) is 0 Å². The number of carbonyl (C=O) groups excluding carboxylic acids is 1. The first-order valence-corrected chi connectivity index (χ1v) is 7.61. The van der Waals surface area contributed by atoms with Crippen LogP contribution in [0.3, 0.4) is 0 Å². The molecule has 5 nitrogen and oxygen atoms in total. The van der Waals surface area contributed by atoms with Crippen molar-refractivity contribution in [2.75, 3.05) is 20.8 Å². The topological polar surface area (TPSA) is 54.0 Å².